The summed E-state index contributed by atoms with van der Waals surface area (Å²) in [4.78, 5) is 26.5. The first-order valence-corrected chi connectivity index (χ1v) is 10.6. The van der Waals surface area contributed by atoms with E-state index < -0.39 is 5.97 Å². The van der Waals surface area contributed by atoms with E-state index in [1.165, 1.54) is 7.11 Å². The summed E-state index contributed by atoms with van der Waals surface area (Å²) >= 11 is 0. The van der Waals surface area contributed by atoms with Gasteiger partial charge in [-0.15, -0.1) is 0 Å². The quantitative estimate of drug-likeness (QED) is 0.456. The van der Waals surface area contributed by atoms with Crippen molar-refractivity contribution < 1.29 is 33.3 Å². The van der Waals surface area contributed by atoms with E-state index in [2.05, 4.69) is 5.32 Å². The van der Waals surface area contributed by atoms with Gasteiger partial charge in [-0.1, -0.05) is 0 Å². The molecule has 0 atom stereocenters. The second-order valence-electron chi connectivity index (χ2n) is 7.01. The highest BCUT2D eigenvalue weighted by molar-refractivity contribution is 5.94. The number of rotatable bonds is 13. The van der Waals surface area contributed by atoms with Gasteiger partial charge in [-0.2, -0.15) is 0 Å². The summed E-state index contributed by atoms with van der Waals surface area (Å²) in [7, 11) is 4.43. The molecule has 9 heteroatoms. The topological polar surface area (TPSA) is 95.6 Å². The number of anilines is 1. The fourth-order valence-corrected chi connectivity index (χ4v) is 3.17. The van der Waals surface area contributed by atoms with E-state index in [-0.39, 0.29) is 19.0 Å². The first-order chi connectivity index (χ1) is 15.9. The average Bonchev–Trinajstić information content (AvgIpc) is 2.80. The van der Waals surface area contributed by atoms with E-state index >= 15 is 0 Å². The number of carbonyl (C=O) groups is 2. The van der Waals surface area contributed by atoms with Crippen LogP contribution in [-0.2, 0) is 20.9 Å². The highest BCUT2D eigenvalue weighted by Crippen LogP contribution is 2.29. The molecule has 0 saturated heterocycles. The molecule has 0 spiro atoms. The summed E-state index contributed by atoms with van der Waals surface area (Å²) in [5, 5.41) is 2.86. The van der Waals surface area contributed by atoms with Crippen molar-refractivity contribution in [1.82, 2.24) is 4.90 Å². The van der Waals surface area contributed by atoms with Crippen molar-refractivity contribution in [2.24, 2.45) is 0 Å². The molecule has 0 aliphatic carbocycles. The van der Waals surface area contributed by atoms with Gasteiger partial charge in [-0.25, -0.2) is 0 Å². The highest BCUT2D eigenvalue weighted by Gasteiger charge is 2.18. The molecule has 0 radical (unpaired) electrons. The fourth-order valence-electron chi connectivity index (χ4n) is 3.17. The average molecular weight is 461 g/mol. The van der Waals surface area contributed by atoms with Gasteiger partial charge in [0.1, 0.15) is 23.0 Å². The molecule has 2 aromatic rings. The molecule has 33 heavy (non-hydrogen) atoms. The van der Waals surface area contributed by atoms with Crippen molar-refractivity contribution in [2.45, 2.75) is 20.4 Å². The van der Waals surface area contributed by atoms with Gasteiger partial charge in [0.25, 0.3) is 0 Å². The van der Waals surface area contributed by atoms with Crippen LogP contribution in [0.2, 0.25) is 0 Å². The molecule has 0 aliphatic rings. The first-order valence-electron chi connectivity index (χ1n) is 10.6. The van der Waals surface area contributed by atoms with Gasteiger partial charge in [0, 0.05) is 18.7 Å². The first kappa shape index (κ1) is 25.8. The number of amides is 1. The number of hydrogen-bond acceptors (Lipinski definition) is 8. The molecule has 2 rings (SSSR count). The van der Waals surface area contributed by atoms with Crippen LogP contribution in [0.1, 0.15) is 19.4 Å². The molecule has 0 aromatic heterocycles. The molecule has 0 unspecified atom stereocenters. The summed E-state index contributed by atoms with van der Waals surface area (Å²) in [5.74, 6) is 1.61. The SMILES string of the molecule is CCOc1ccc(OCC)c(NC(=O)CN(CC(=O)OC)Cc2cc(OC)cc(OC)c2)c1. The summed E-state index contributed by atoms with van der Waals surface area (Å²) in [6.45, 7) is 4.87. The van der Waals surface area contributed by atoms with Crippen molar-refractivity contribution in [2.75, 3.05) is 52.9 Å². The molecule has 0 saturated carbocycles. The van der Waals surface area contributed by atoms with Crippen LogP contribution in [-0.4, -0.2) is 64.4 Å². The van der Waals surface area contributed by atoms with Crippen molar-refractivity contribution in [1.29, 1.82) is 0 Å². The van der Waals surface area contributed by atoms with E-state index in [1.54, 1.807) is 43.4 Å². The summed E-state index contributed by atoms with van der Waals surface area (Å²) < 4.78 is 26.6. The summed E-state index contributed by atoms with van der Waals surface area (Å²) in [6, 6.07) is 10.6. The van der Waals surface area contributed by atoms with Crippen LogP contribution in [0, 0.1) is 0 Å². The second kappa shape index (κ2) is 13.2. The maximum atomic E-state index is 12.9. The predicted octanol–water partition coefficient (Wildman–Crippen LogP) is 3.11. The molecule has 0 heterocycles. The number of nitrogens with zero attached hydrogens (tertiary/aromatic N) is 1. The maximum Gasteiger partial charge on any atom is 0.319 e. The van der Waals surface area contributed by atoms with Crippen LogP contribution < -0.4 is 24.3 Å². The Morgan fingerprint density at radius 1 is 0.848 bits per heavy atom. The van der Waals surface area contributed by atoms with Crippen LogP contribution >= 0.6 is 0 Å². The van der Waals surface area contributed by atoms with Gasteiger partial charge >= 0.3 is 5.97 Å². The fraction of sp³-hybridized carbons (Fsp3) is 0.417. The van der Waals surface area contributed by atoms with Gasteiger partial charge in [-0.3, -0.25) is 14.5 Å². The smallest absolute Gasteiger partial charge is 0.319 e. The third-order valence-corrected chi connectivity index (χ3v) is 4.60. The van der Waals surface area contributed by atoms with E-state index in [0.29, 0.717) is 48.4 Å². The molecule has 0 aliphatic heterocycles. The molecular formula is C24H32N2O7. The summed E-state index contributed by atoms with van der Waals surface area (Å²) in [6.07, 6.45) is 0. The Bertz CT molecular complexity index is 911. The molecular weight excluding hydrogens is 428 g/mol. The monoisotopic (exact) mass is 460 g/mol. The minimum Gasteiger partial charge on any atom is -0.497 e. The molecule has 2 aromatic carbocycles. The molecule has 9 nitrogen and oxygen atoms in total. The third-order valence-electron chi connectivity index (χ3n) is 4.60. The molecule has 1 amide bonds. The largest absolute Gasteiger partial charge is 0.497 e. The minimum absolute atomic E-state index is 0.0565. The van der Waals surface area contributed by atoms with Crippen molar-refractivity contribution in [3.05, 3.63) is 42.0 Å². The number of ether oxygens (including phenoxy) is 5. The number of esters is 1. The van der Waals surface area contributed by atoms with Crippen LogP contribution in [0.3, 0.4) is 0 Å². The number of benzene rings is 2. The third kappa shape index (κ3) is 8.19. The Morgan fingerprint density at radius 3 is 2.09 bits per heavy atom. The Labute approximate surface area is 194 Å². The van der Waals surface area contributed by atoms with Gasteiger partial charge in [-0.05, 0) is 43.7 Å². The number of nitrogens with one attached hydrogen (secondary N) is 1. The maximum absolute atomic E-state index is 12.9. The predicted molar refractivity (Wildman–Crippen MR) is 124 cm³/mol. The zero-order valence-electron chi connectivity index (χ0n) is 19.8. The number of hydrogen-bond donors (Lipinski definition) is 1. The lowest BCUT2D eigenvalue weighted by atomic mass is 10.2. The second-order valence-corrected chi connectivity index (χ2v) is 7.01. The number of methoxy groups -OCH3 is 3. The van der Waals surface area contributed by atoms with Crippen molar-refractivity contribution in [3.8, 4) is 23.0 Å². The van der Waals surface area contributed by atoms with Gasteiger partial charge in [0.05, 0.1) is 53.3 Å². The zero-order chi connectivity index (χ0) is 24.2. The van der Waals surface area contributed by atoms with Gasteiger partial charge in [0.15, 0.2) is 0 Å². The van der Waals surface area contributed by atoms with E-state index in [1.807, 2.05) is 26.0 Å². The normalized spacial score (nSPS) is 10.5. The summed E-state index contributed by atoms with van der Waals surface area (Å²) in [5.41, 5.74) is 1.31. The lowest BCUT2D eigenvalue weighted by molar-refractivity contribution is -0.142. The standard InChI is InChI=1S/C24H32N2O7/c1-6-32-18-8-9-22(33-7-2)21(13-18)25-23(27)15-26(16-24(28)31-5)14-17-10-19(29-3)12-20(11-17)30-4/h8-13H,6-7,14-16H2,1-5H3,(H,25,27). The molecule has 0 fully saturated rings. The van der Waals surface area contributed by atoms with Crippen LogP contribution in [0.4, 0.5) is 5.69 Å². The molecule has 180 valence electrons. The van der Waals surface area contributed by atoms with Crippen molar-refractivity contribution in [3.63, 3.8) is 0 Å². The van der Waals surface area contributed by atoms with Gasteiger partial charge in [0.2, 0.25) is 5.91 Å². The van der Waals surface area contributed by atoms with Crippen LogP contribution in [0.15, 0.2) is 36.4 Å². The Balaban J connectivity index is 2.21. The van der Waals surface area contributed by atoms with Crippen molar-refractivity contribution >= 4 is 17.6 Å². The van der Waals surface area contributed by atoms with Crippen LogP contribution in [0.25, 0.3) is 0 Å². The van der Waals surface area contributed by atoms with Gasteiger partial charge < -0.3 is 29.0 Å². The molecule has 0 bridgehead atoms. The Morgan fingerprint density at radius 2 is 1.52 bits per heavy atom. The molecule has 1 N–H and O–H groups in total. The van der Waals surface area contributed by atoms with E-state index in [0.717, 1.165) is 5.56 Å². The number of carbonyl (C=O) groups excluding carboxylic acids is 2. The zero-order valence-corrected chi connectivity index (χ0v) is 19.8. The lowest BCUT2D eigenvalue weighted by Crippen LogP contribution is -2.37. The Kier molecular flexibility index (Phi) is 10.3. The van der Waals surface area contributed by atoms with Crippen LogP contribution in [0.5, 0.6) is 23.0 Å². The van der Waals surface area contributed by atoms with E-state index in [4.69, 9.17) is 23.7 Å². The lowest BCUT2D eigenvalue weighted by Gasteiger charge is -2.22. The van der Waals surface area contributed by atoms with E-state index in [9.17, 15) is 9.59 Å². The minimum atomic E-state index is -0.453. The highest BCUT2D eigenvalue weighted by atomic mass is 16.5. The Hall–Kier alpha value is -3.46.